The molecule has 1 aromatic heterocycles. The summed E-state index contributed by atoms with van der Waals surface area (Å²) in [6.07, 6.45) is -3.15. The van der Waals surface area contributed by atoms with E-state index >= 15 is 0 Å². The van der Waals surface area contributed by atoms with Gasteiger partial charge >= 0.3 is 6.18 Å². The van der Waals surface area contributed by atoms with Gasteiger partial charge in [0.05, 0.1) is 5.56 Å². The summed E-state index contributed by atoms with van der Waals surface area (Å²) in [6.45, 7) is 3.46. The highest BCUT2D eigenvalue weighted by molar-refractivity contribution is 6.08. The fraction of sp³-hybridized carbons (Fsp3) is 0.182. The summed E-state index contributed by atoms with van der Waals surface area (Å²) < 4.78 is 38.7. The van der Waals surface area contributed by atoms with Crippen LogP contribution in [0.2, 0.25) is 0 Å². The number of aryl methyl sites for hydroxylation is 2. The standard InChI is InChI=1S/C22H20F3N5O2/c1-12-7-8-16(29-20(31)14-5-4-6-15(9-14)22(23,24)25)10-18(12)30-21(32)17-11-27-13(2)28-19(17)26-3/h4-11H,1-3H3,(H,29,31)(H,30,32)(H,26,27,28). The number of amides is 2. The molecule has 0 aliphatic carbocycles. The summed E-state index contributed by atoms with van der Waals surface area (Å²) >= 11 is 0. The molecule has 0 fully saturated rings. The van der Waals surface area contributed by atoms with Crippen LogP contribution in [0.3, 0.4) is 0 Å². The normalized spacial score (nSPS) is 11.1. The third-order valence-corrected chi connectivity index (χ3v) is 4.59. The average molecular weight is 443 g/mol. The third-order valence-electron chi connectivity index (χ3n) is 4.59. The molecule has 0 saturated carbocycles. The van der Waals surface area contributed by atoms with Crippen LogP contribution in [0.15, 0.2) is 48.7 Å². The van der Waals surface area contributed by atoms with Crippen LogP contribution in [0.25, 0.3) is 0 Å². The van der Waals surface area contributed by atoms with Crippen molar-refractivity contribution in [3.05, 3.63) is 76.7 Å². The van der Waals surface area contributed by atoms with Crippen molar-refractivity contribution in [3.63, 3.8) is 0 Å². The molecule has 3 N–H and O–H groups in total. The lowest BCUT2D eigenvalue weighted by molar-refractivity contribution is -0.137. The van der Waals surface area contributed by atoms with E-state index in [1.165, 1.54) is 24.4 Å². The topological polar surface area (TPSA) is 96.0 Å². The summed E-state index contributed by atoms with van der Waals surface area (Å²) in [6, 6.07) is 8.91. The van der Waals surface area contributed by atoms with Crippen LogP contribution in [0.5, 0.6) is 0 Å². The predicted octanol–water partition coefficient (Wildman–Crippen LogP) is 4.66. The van der Waals surface area contributed by atoms with E-state index in [9.17, 15) is 22.8 Å². The molecule has 0 bridgehead atoms. The molecule has 7 nitrogen and oxygen atoms in total. The molecule has 3 aromatic rings. The number of hydrogen-bond acceptors (Lipinski definition) is 5. The van der Waals surface area contributed by atoms with E-state index in [0.717, 1.165) is 17.7 Å². The van der Waals surface area contributed by atoms with Gasteiger partial charge < -0.3 is 16.0 Å². The molecule has 0 saturated heterocycles. The molecule has 0 spiro atoms. The number of rotatable bonds is 5. The Labute approximate surface area is 182 Å². The Hall–Kier alpha value is -3.95. The zero-order chi connectivity index (χ0) is 23.5. The first-order valence-electron chi connectivity index (χ1n) is 9.50. The largest absolute Gasteiger partial charge is 0.416 e. The molecule has 0 aliphatic heterocycles. The maximum Gasteiger partial charge on any atom is 0.416 e. The van der Waals surface area contributed by atoms with Crippen molar-refractivity contribution >= 4 is 29.0 Å². The minimum Gasteiger partial charge on any atom is -0.372 e. The summed E-state index contributed by atoms with van der Waals surface area (Å²) in [5.41, 5.74) is 0.622. The van der Waals surface area contributed by atoms with Gasteiger partial charge in [-0.05, 0) is 49.7 Å². The Morgan fingerprint density at radius 2 is 1.72 bits per heavy atom. The molecular weight excluding hydrogens is 423 g/mol. The molecule has 3 rings (SSSR count). The number of alkyl halides is 3. The number of carbonyl (C=O) groups excluding carboxylic acids is 2. The van der Waals surface area contributed by atoms with E-state index in [-0.39, 0.29) is 11.1 Å². The summed E-state index contributed by atoms with van der Waals surface area (Å²) in [5, 5.41) is 8.14. The van der Waals surface area contributed by atoms with E-state index in [4.69, 9.17) is 0 Å². The monoisotopic (exact) mass is 443 g/mol. The molecule has 32 heavy (non-hydrogen) atoms. The van der Waals surface area contributed by atoms with Gasteiger partial charge in [-0.25, -0.2) is 9.97 Å². The quantitative estimate of drug-likeness (QED) is 0.533. The van der Waals surface area contributed by atoms with Crippen LogP contribution in [-0.4, -0.2) is 28.8 Å². The molecule has 1 heterocycles. The first-order valence-corrected chi connectivity index (χ1v) is 9.50. The summed E-state index contributed by atoms with van der Waals surface area (Å²) in [5.74, 6) is -0.302. The lowest BCUT2D eigenvalue weighted by Gasteiger charge is -2.13. The minimum atomic E-state index is -4.55. The first kappa shape index (κ1) is 22.7. The van der Waals surface area contributed by atoms with Crippen molar-refractivity contribution in [2.24, 2.45) is 0 Å². The van der Waals surface area contributed by atoms with Gasteiger partial charge in [-0.2, -0.15) is 13.2 Å². The van der Waals surface area contributed by atoms with Crippen LogP contribution in [0.4, 0.5) is 30.4 Å². The molecule has 0 unspecified atom stereocenters. The van der Waals surface area contributed by atoms with Crippen molar-refractivity contribution in [3.8, 4) is 0 Å². The zero-order valence-electron chi connectivity index (χ0n) is 17.5. The highest BCUT2D eigenvalue weighted by atomic mass is 19.4. The highest BCUT2D eigenvalue weighted by Gasteiger charge is 2.30. The Morgan fingerprint density at radius 3 is 2.41 bits per heavy atom. The lowest BCUT2D eigenvalue weighted by Crippen LogP contribution is -2.17. The van der Waals surface area contributed by atoms with Gasteiger partial charge in [-0.3, -0.25) is 9.59 Å². The number of aromatic nitrogens is 2. The van der Waals surface area contributed by atoms with E-state index in [2.05, 4.69) is 25.9 Å². The van der Waals surface area contributed by atoms with Gasteiger partial charge in [0.1, 0.15) is 17.2 Å². The van der Waals surface area contributed by atoms with E-state index in [1.807, 2.05) is 0 Å². The van der Waals surface area contributed by atoms with Crippen molar-refractivity contribution in [2.45, 2.75) is 20.0 Å². The van der Waals surface area contributed by atoms with E-state index < -0.39 is 23.6 Å². The molecule has 2 aromatic carbocycles. The fourth-order valence-corrected chi connectivity index (χ4v) is 2.89. The Morgan fingerprint density at radius 1 is 0.969 bits per heavy atom. The maximum absolute atomic E-state index is 12.9. The average Bonchev–Trinajstić information content (AvgIpc) is 2.75. The summed E-state index contributed by atoms with van der Waals surface area (Å²) in [7, 11) is 1.63. The van der Waals surface area contributed by atoms with Gasteiger partial charge in [-0.15, -0.1) is 0 Å². The van der Waals surface area contributed by atoms with Crippen molar-refractivity contribution in [1.29, 1.82) is 0 Å². The van der Waals surface area contributed by atoms with Crippen LogP contribution in [0.1, 0.15) is 37.7 Å². The Kier molecular flexibility index (Phi) is 6.42. The van der Waals surface area contributed by atoms with Crippen molar-refractivity contribution < 1.29 is 22.8 Å². The smallest absolute Gasteiger partial charge is 0.372 e. The Bertz CT molecular complexity index is 1180. The molecule has 0 atom stereocenters. The highest BCUT2D eigenvalue weighted by Crippen LogP contribution is 2.30. The second kappa shape index (κ2) is 9.04. The number of hydrogen-bond donors (Lipinski definition) is 3. The number of benzene rings is 2. The first-order chi connectivity index (χ1) is 15.1. The van der Waals surface area contributed by atoms with Crippen molar-refractivity contribution in [2.75, 3.05) is 23.0 Å². The van der Waals surface area contributed by atoms with E-state index in [1.54, 1.807) is 33.0 Å². The molecule has 0 radical (unpaired) electrons. The van der Waals surface area contributed by atoms with Crippen molar-refractivity contribution in [1.82, 2.24) is 9.97 Å². The lowest BCUT2D eigenvalue weighted by atomic mass is 10.1. The van der Waals surface area contributed by atoms with Gasteiger partial charge in [-0.1, -0.05) is 12.1 Å². The van der Waals surface area contributed by atoms with Gasteiger partial charge in [0.15, 0.2) is 0 Å². The van der Waals surface area contributed by atoms with Crippen LogP contribution in [-0.2, 0) is 6.18 Å². The van der Waals surface area contributed by atoms with Crippen LogP contribution >= 0.6 is 0 Å². The molecular formula is C22H20F3N5O2. The second-order valence-electron chi connectivity index (χ2n) is 6.95. The number of nitrogens with one attached hydrogen (secondary N) is 3. The van der Waals surface area contributed by atoms with Crippen LogP contribution in [0, 0.1) is 13.8 Å². The van der Waals surface area contributed by atoms with Gasteiger partial charge in [0.2, 0.25) is 0 Å². The number of carbonyl (C=O) groups is 2. The predicted molar refractivity (Wildman–Crippen MR) is 115 cm³/mol. The van der Waals surface area contributed by atoms with Crippen LogP contribution < -0.4 is 16.0 Å². The van der Waals surface area contributed by atoms with Gasteiger partial charge in [0.25, 0.3) is 11.8 Å². The number of halogens is 3. The zero-order valence-corrected chi connectivity index (χ0v) is 17.5. The van der Waals surface area contributed by atoms with E-state index in [0.29, 0.717) is 23.0 Å². The molecule has 0 aliphatic rings. The molecule has 166 valence electrons. The minimum absolute atomic E-state index is 0.138. The Balaban J connectivity index is 1.80. The van der Waals surface area contributed by atoms with Gasteiger partial charge in [0, 0.05) is 30.2 Å². The SMILES string of the molecule is CNc1nc(C)ncc1C(=O)Nc1cc(NC(=O)c2cccc(C(F)(F)F)c2)ccc1C. The maximum atomic E-state index is 12.9. The molecule has 10 heteroatoms. The second-order valence-corrected chi connectivity index (χ2v) is 6.95. The number of anilines is 3. The molecule has 2 amide bonds. The summed E-state index contributed by atoms with van der Waals surface area (Å²) in [4.78, 5) is 33.4. The number of nitrogens with zero attached hydrogens (tertiary/aromatic N) is 2. The fourth-order valence-electron chi connectivity index (χ4n) is 2.89. The third kappa shape index (κ3) is 5.20.